The van der Waals surface area contributed by atoms with Crippen LogP contribution in [-0.2, 0) is 7.05 Å². The van der Waals surface area contributed by atoms with Crippen LogP contribution in [0.1, 0.15) is 0 Å². The van der Waals surface area contributed by atoms with Crippen molar-refractivity contribution < 1.29 is 0 Å². The Hall–Kier alpha value is -7.21. The second-order valence-corrected chi connectivity index (χ2v) is 15.5. The van der Waals surface area contributed by atoms with Crippen molar-refractivity contribution in [1.29, 1.82) is 0 Å². The minimum absolute atomic E-state index is 0.928. The molecule has 0 bridgehead atoms. The van der Waals surface area contributed by atoms with Gasteiger partial charge >= 0.3 is 0 Å². The minimum Gasteiger partial charge on any atom is -0.327 e. The molecule has 11 aromatic rings. The van der Waals surface area contributed by atoms with Gasteiger partial charge in [-0.1, -0.05) is 121 Å². The molecule has 0 saturated heterocycles. The van der Waals surface area contributed by atoms with Crippen LogP contribution in [0.15, 0.2) is 200 Å². The summed E-state index contributed by atoms with van der Waals surface area (Å²) in [6.07, 6.45) is 0. The van der Waals surface area contributed by atoms with Crippen LogP contribution < -0.4 is 4.90 Å². The maximum absolute atomic E-state index is 5.29. The lowest BCUT2D eigenvalue weighted by molar-refractivity contribution is 0.933. The fourth-order valence-electron chi connectivity index (χ4n) is 8.56. The number of nitrogens with zero attached hydrogens (tertiary/aromatic N) is 4. The quantitative estimate of drug-likeness (QED) is 0.162. The number of hydrogen-bond acceptors (Lipinski definition) is 3. The molecule has 0 saturated carbocycles. The first kappa shape index (κ1) is 33.2. The van der Waals surface area contributed by atoms with Gasteiger partial charge in [-0.2, -0.15) is 0 Å². The minimum atomic E-state index is 0.928. The van der Waals surface area contributed by atoms with Gasteiger partial charge in [-0.25, -0.2) is 4.98 Å². The highest BCUT2D eigenvalue weighted by Gasteiger charge is 2.23. The number of imidazole rings is 1. The van der Waals surface area contributed by atoms with E-state index in [0.717, 1.165) is 67.7 Å². The third-order valence-corrected chi connectivity index (χ3v) is 12.3. The molecule has 270 valence electrons. The van der Waals surface area contributed by atoms with Crippen LogP contribution in [0.25, 0.3) is 81.6 Å². The van der Waals surface area contributed by atoms with E-state index in [9.17, 15) is 0 Å². The highest BCUT2D eigenvalue weighted by atomic mass is 32.1. The lowest BCUT2D eigenvalue weighted by Gasteiger charge is -2.26. The van der Waals surface area contributed by atoms with Crippen LogP contribution in [0.4, 0.5) is 17.1 Å². The Bertz CT molecular complexity index is 3230. The molecule has 0 amide bonds. The molecule has 11 rings (SSSR count). The third kappa shape index (κ3) is 5.47. The maximum Gasteiger partial charge on any atom is 0.140 e. The van der Waals surface area contributed by atoms with Gasteiger partial charge in [-0.15, -0.1) is 11.3 Å². The molecule has 5 heteroatoms. The van der Waals surface area contributed by atoms with Gasteiger partial charge in [0.15, 0.2) is 0 Å². The first-order valence-corrected chi connectivity index (χ1v) is 20.1. The van der Waals surface area contributed by atoms with Crippen molar-refractivity contribution in [3.8, 4) is 39.6 Å². The SMILES string of the molecule is Cn1c(-c2ccc(-n3c4ccccc4c4c(N(c5ccccc5)c5ccc6sc7ccccc7c6c5)cccc43)cc2)nc(-c2ccccc2)c1-c1ccccc1. The van der Waals surface area contributed by atoms with Gasteiger partial charge in [-0.05, 0) is 78.9 Å². The number of rotatable bonds is 7. The Morgan fingerprint density at radius 3 is 1.88 bits per heavy atom. The predicted molar refractivity (Wildman–Crippen MR) is 241 cm³/mol. The highest BCUT2D eigenvalue weighted by Crippen LogP contribution is 2.46. The van der Waals surface area contributed by atoms with Crippen molar-refractivity contribution in [3.05, 3.63) is 200 Å². The largest absolute Gasteiger partial charge is 0.327 e. The van der Waals surface area contributed by atoms with E-state index in [1.54, 1.807) is 0 Å². The average molecular weight is 749 g/mol. The molecule has 0 aliphatic rings. The lowest BCUT2D eigenvalue weighted by Crippen LogP contribution is -2.10. The summed E-state index contributed by atoms with van der Waals surface area (Å²) in [4.78, 5) is 7.71. The topological polar surface area (TPSA) is 26.0 Å². The fraction of sp³-hybridized carbons (Fsp3) is 0.0192. The summed E-state index contributed by atoms with van der Waals surface area (Å²) >= 11 is 1.85. The smallest absolute Gasteiger partial charge is 0.140 e. The molecular formula is C52H36N4S. The molecule has 0 radical (unpaired) electrons. The van der Waals surface area contributed by atoms with Crippen molar-refractivity contribution in [3.63, 3.8) is 0 Å². The molecular weight excluding hydrogens is 713 g/mol. The van der Waals surface area contributed by atoms with E-state index < -0.39 is 0 Å². The molecule has 0 atom stereocenters. The first-order chi connectivity index (χ1) is 28.2. The maximum atomic E-state index is 5.29. The van der Waals surface area contributed by atoms with E-state index in [0.29, 0.717) is 0 Å². The van der Waals surface area contributed by atoms with Gasteiger partial charge in [0.2, 0.25) is 0 Å². The molecule has 0 aliphatic heterocycles. The van der Waals surface area contributed by atoms with Crippen molar-refractivity contribution in [2.24, 2.45) is 7.05 Å². The van der Waals surface area contributed by atoms with Gasteiger partial charge in [0, 0.05) is 71.7 Å². The predicted octanol–water partition coefficient (Wildman–Crippen LogP) is 14.4. The average Bonchev–Trinajstić information content (AvgIpc) is 3.94. The number of aromatic nitrogens is 3. The van der Waals surface area contributed by atoms with Crippen molar-refractivity contribution in [2.75, 3.05) is 4.90 Å². The summed E-state index contributed by atoms with van der Waals surface area (Å²) in [5.74, 6) is 0.928. The summed E-state index contributed by atoms with van der Waals surface area (Å²) in [7, 11) is 2.12. The van der Waals surface area contributed by atoms with Crippen LogP contribution in [0.2, 0.25) is 0 Å². The Balaban J connectivity index is 1.07. The van der Waals surface area contributed by atoms with Gasteiger partial charge in [0.25, 0.3) is 0 Å². The summed E-state index contributed by atoms with van der Waals surface area (Å²) in [6.45, 7) is 0. The van der Waals surface area contributed by atoms with Gasteiger partial charge in [0.05, 0.1) is 28.1 Å². The second kappa shape index (κ2) is 13.5. The molecule has 0 N–H and O–H groups in total. The third-order valence-electron chi connectivity index (χ3n) is 11.1. The van der Waals surface area contributed by atoms with Gasteiger partial charge in [-0.3, -0.25) is 0 Å². The van der Waals surface area contributed by atoms with E-state index in [1.807, 2.05) is 11.3 Å². The molecule has 57 heavy (non-hydrogen) atoms. The second-order valence-electron chi connectivity index (χ2n) is 14.4. The number of benzene rings is 8. The lowest BCUT2D eigenvalue weighted by atomic mass is 10.1. The fourth-order valence-corrected chi connectivity index (χ4v) is 9.65. The van der Waals surface area contributed by atoms with Crippen molar-refractivity contribution >= 4 is 70.4 Å². The first-order valence-electron chi connectivity index (χ1n) is 19.3. The molecule has 4 nitrogen and oxygen atoms in total. The van der Waals surface area contributed by atoms with Gasteiger partial charge < -0.3 is 14.0 Å². The van der Waals surface area contributed by atoms with E-state index in [-0.39, 0.29) is 0 Å². The number of thiophene rings is 1. The Morgan fingerprint density at radius 2 is 1.11 bits per heavy atom. The Morgan fingerprint density at radius 1 is 0.474 bits per heavy atom. The Labute approximate surface area is 334 Å². The normalized spacial score (nSPS) is 11.6. The molecule has 8 aromatic carbocycles. The van der Waals surface area contributed by atoms with E-state index >= 15 is 0 Å². The number of hydrogen-bond donors (Lipinski definition) is 0. The van der Waals surface area contributed by atoms with E-state index in [4.69, 9.17) is 4.98 Å². The monoisotopic (exact) mass is 748 g/mol. The van der Waals surface area contributed by atoms with Crippen LogP contribution in [-0.4, -0.2) is 14.1 Å². The van der Waals surface area contributed by atoms with Gasteiger partial charge in [0.1, 0.15) is 5.82 Å². The summed E-state index contributed by atoms with van der Waals surface area (Å²) in [6, 6.07) is 71.8. The highest BCUT2D eigenvalue weighted by molar-refractivity contribution is 7.25. The number of anilines is 3. The number of para-hydroxylation sites is 2. The summed E-state index contributed by atoms with van der Waals surface area (Å²) in [5, 5.41) is 4.99. The molecule has 0 aliphatic carbocycles. The van der Waals surface area contributed by atoms with Crippen LogP contribution in [0.3, 0.4) is 0 Å². The molecule has 0 fully saturated rings. The Kier molecular flexibility index (Phi) is 7.86. The van der Waals surface area contributed by atoms with E-state index in [2.05, 4.69) is 221 Å². The standard InChI is InChI=1S/C52H36N4S/c1-54-51(36-18-7-3-8-19-36)50(35-16-5-2-6-17-35)53-52(54)37-28-30-39(31-29-37)56-44-24-13-11-23-42(44)49-45(25-15-26-46(49)56)55(38-20-9-4-10-21-38)40-32-33-48-43(34-40)41-22-12-14-27-47(41)57-48/h2-34H,1H3. The van der Waals surface area contributed by atoms with Crippen LogP contribution >= 0.6 is 11.3 Å². The zero-order valence-electron chi connectivity index (χ0n) is 31.2. The molecule has 0 unspecified atom stereocenters. The zero-order chi connectivity index (χ0) is 37.9. The van der Waals surface area contributed by atoms with Crippen molar-refractivity contribution in [2.45, 2.75) is 0 Å². The molecule has 0 spiro atoms. The molecule has 3 aromatic heterocycles. The van der Waals surface area contributed by atoms with Crippen molar-refractivity contribution in [1.82, 2.24) is 14.1 Å². The zero-order valence-corrected chi connectivity index (χ0v) is 32.1. The summed E-state index contributed by atoms with van der Waals surface area (Å²) < 4.78 is 7.24. The van der Waals surface area contributed by atoms with Crippen LogP contribution in [0, 0.1) is 0 Å². The summed E-state index contributed by atoms with van der Waals surface area (Å²) in [5.41, 5.74) is 12.2. The van der Waals surface area contributed by atoms with E-state index in [1.165, 1.54) is 30.9 Å². The number of fused-ring (bicyclic) bond motifs is 6. The molecule has 3 heterocycles. The van der Waals surface area contributed by atoms with Crippen LogP contribution in [0.5, 0.6) is 0 Å².